The number of rotatable bonds is 5. The minimum absolute atomic E-state index is 0.222. The Morgan fingerprint density at radius 1 is 1.44 bits per heavy atom. The van der Waals surface area contributed by atoms with Gasteiger partial charge < -0.3 is 20.3 Å². The Hall–Kier alpha value is -2.94. The van der Waals surface area contributed by atoms with Gasteiger partial charge in [0.25, 0.3) is 11.8 Å². The van der Waals surface area contributed by atoms with Crippen molar-refractivity contribution in [3.05, 3.63) is 30.1 Å². The van der Waals surface area contributed by atoms with E-state index in [0.717, 1.165) is 6.54 Å². The zero-order valence-electron chi connectivity index (χ0n) is 14.3. The fourth-order valence-electron chi connectivity index (χ4n) is 2.30. The van der Waals surface area contributed by atoms with E-state index in [9.17, 15) is 9.59 Å². The van der Waals surface area contributed by atoms with Crippen molar-refractivity contribution in [3.8, 4) is 5.75 Å². The number of fused-ring (bicyclic) bond motifs is 1. The summed E-state index contributed by atoms with van der Waals surface area (Å²) in [5, 5.41) is 13.3. The molecule has 0 saturated carbocycles. The van der Waals surface area contributed by atoms with Gasteiger partial charge in [-0.3, -0.25) is 14.3 Å². The van der Waals surface area contributed by atoms with Crippen LogP contribution in [0.5, 0.6) is 5.75 Å². The molecular weight excluding hydrogens is 324 g/mol. The topological polar surface area (TPSA) is 101 Å². The van der Waals surface area contributed by atoms with E-state index in [1.807, 2.05) is 19.0 Å². The molecule has 1 aromatic carbocycles. The average Bonchev–Trinajstić information content (AvgIpc) is 3.03. The number of nitrogens with one attached hydrogen (secondary N) is 2. The molecule has 2 aromatic rings. The molecule has 25 heavy (non-hydrogen) atoms. The molecular formula is C16H20N6O3. The van der Waals surface area contributed by atoms with Gasteiger partial charge >= 0.3 is 0 Å². The van der Waals surface area contributed by atoms with Crippen molar-refractivity contribution in [2.24, 2.45) is 0 Å². The molecule has 2 heterocycles. The van der Waals surface area contributed by atoms with Crippen LogP contribution in [0, 0.1) is 0 Å². The van der Waals surface area contributed by atoms with Crippen LogP contribution in [0.1, 0.15) is 17.4 Å². The number of benzene rings is 1. The third-order valence-corrected chi connectivity index (χ3v) is 3.72. The number of hydrogen-bond acceptors (Lipinski definition) is 6. The first-order chi connectivity index (χ1) is 11.9. The molecule has 0 bridgehead atoms. The van der Waals surface area contributed by atoms with E-state index >= 15 is 0 Å². The normalized spacial score (nSPS) is 16.2. The summed E-state index contributed by atoms with van der Waals surface area (Å²) in [4.78, 5) is 26.0. The summed E-state index contributed by atoms with van der Waals surface area (Å²) < 4.78 is 7.11. The van der Waals surface area contributed by atoms with Crippen LogP contribution in [0.15, 0.2) is 24.4 Å². The number of carbonyl (C=O) groups excluding carboxylic acids is 2. The molecule has 0 radical (unpaired) electrons. The maximum Gasteiger partial charge on any atom is 0.277 e. The molecule has 1 atom stereocenters. The summed E-state index contributed by atoms with van der Waals surface area (Å²) in [5.41, 5.74) is 1.28. The Labute approximate surface area is 144 Å². The second kappa shape index (κ2) is 6.89. The number of likely N-dealkylation sites (N-methyl/N-ethyl adjacent to an activating group) is 1. The van der Waals surface area contributed by atoms with Gasteiger partial charge in [-0.15, -0.1) is 5.10 Å². The SMILES string of the molecule is C[C@H]1Oc2ccc(NC(=O)c3cn(CCN(C)C)nn3)cc2NC1=O. The number of aromatic nitrogens is 3. The van der Waals surface area contributed by atoms with E-state index in [1.54, 1.807) is 36.0 Å². The Morgan fingerprint density at radius 3 is 3.00 bits per heavy atom. The van der Waals surface area contributed by atoms with Crippen molar-refractivity contribution in [1.82, 2.24) is 19.9 Å². The van der Waals surface area contributed by atoms with Gasteiger partial charge in [0.1, 0.15) is 5.75 Å². The molecule has 2 N–H and O–H groups in total. The van der Waals surface area contributed by atoms with Gasteiger partial charge in [0.05, 0.1) is 18.4 Å². The number of nitrogens with zero attached hydrogens (tertiary/aromatic N) is 4. The highest BCUT2D eigenvalue weighted by molar-refractivity contribution is 6.04. The lowest BCUT2D eigenvalue weighted by atomic mass is 10.2. The Bertz CT molecular complexity index is 801. The fourth-order valence-corrected chi connectivity index (χ4v) is 2.30. The van der Waals surface area contributed by atoms with Crippen molar-refractivity contribution in [1.29, 1.82) is 0 Å². The van der Waals surface area contributed by atoms with Gasteiger partial charge in [-0.2, -0.15) is 0 Å². The van der Waals surface area contributed by atoms with E-state index in [1.165, 1.54) is 0 Å². The van der Waals surface area contributed by atoms with Crippen LogP contribution in [0.3, 0.4) is 0 Å². The number of carbonyl (C=O) groups is 2. The van der Waals surface area contributed by atoms with Gasteiger partial charge in [0.15, 0.2) is 11.8 Å². The van der Waals surface area contributed by atoms with Crippen molar-refractivity contribution in [2.75, 3.05) is 31.3 Å². The summed E-state index contributed by atoms with van der Waals surface area (Å²) in [7, 11) is 3.92. The minimum Gasteiger partial charge on any atom is -0.479 e. The smallest absolute Gasteiger partial charge is 0.277 e. The average molecular weight is 344 g/mol. The van der Waals surface area contributed by atoms with Crippen molar-refractivity contribution >= 4 is 23.2 Å². The van der Waals surface area contributed by atoms with Crippen LogP contribution in [-0.2, 0) is 11.3 Å². The number of amides is 2. The summed E-state index contributed by atoms with van der Waals surface area (Å²) in [6.07, 6.45) is 1.06. The van der Waals surface area contributed by atoms with E-state index in [2.05, 4.69) is 20.9 Å². The lowest BCUT2D eigenvalue weighted by Crippen LogP contribution is -2.34. The highest BCUT2D eigenvalue weighted by atomic mass is 16.5. The number of ether oxygens (including phenoxy) is 1. The third kappa shape index (κ3) is 3.94. The number of anilines is 2. The summed E-state index contributed by atoms with van der Waals surface area (Å²) in [6, 6.07) is 5.06. The van der Waals surface area contributed by atoms with Crippen LogP contribution in [0.2, 0.25) is 0 Å². The van der Waals surface area contributed by atoms with E-state index in [-0.39, 0.29) is 17.5 Å². The van der Waals surface area contributed by atoms with Gasteiger partial charge in [-0.1, -0.05) is 5.21 Å². The molecule has 0 aliphatic carbocycles. The highest BCUT2D eigenvalue weighted by Gasteiger charge is 2.23. The maximum absolute atomic E-state index is 12.3. The molecule has 9 heteroatoms. The molecule has 2 amide bonds. The van der Waals surface area contributed by atoms with Gasteiger partial charge in [-0.25, -0.2) is 0 Å². The van der Waals surface area contributed by atoms with Gasteiger partial charge in [0, 0.05) is 12.2 Å². The molecule has 1 aromatic heterocycles. The molecule has 0 saturated heterocycles. The Kier molecular flexibility index (Phi) is 4.66. The molecule has 3 rings (SSSR count). The monoisotopic (exact) mass is 344 g/mol. The van der Waals surface area contributed by atoms with E-state index < -0.39 is 6.10 Å². The van der Waals surface area contributed by atoms with Crippen LogP contribution < -0.4 is 15.4 Å². The van der Waals surface area contributed by atoms with Crippen LogP contribution in [-0.4, -0.2) is 58.5 Å². The third-order valence-electron chi connectivity index (χ3n) is 3.72. The first kappa shape index (κ1) is 16.9. The molecule has 0 fully saturated rings. The first-order valence-corrected chi connectivity index (χ1v) is 7.90. The molecule has 1 aliphatic rings. The van der Waals surface area contributed by atoms with E-state index in [4.69, 9.17) is 4.74 Å². The lowest BCUT2D eigenvalue weighted by Gasteiger charge is -2.23. The van der Waals surface area contributed by atoms with Crippen LogP contribution in [0.25, 0.3) is 0 Å². The predicted octanol–water partition coefficient (Wildman–Crippen LogP) is 0.811. The largest absolute Gasteiger partial charge is 0.479 e. The summed E-state index contributed by atoms with van der Waals surface area (Å²) in [5.74, 6) is -0.0213. The van der Waals surface area contributed by atoms with E-state index in [0.29, 0.717) is 23.7 Å². The predicted molar refractivity (Wildman–Crippen MR) is 91.7 cm³/mol. The first-order valence-electron chi connectivity index (χ1n) is 7.90. The summed E-state index contributed by atoms with van der Waals surface area (Å²) in [6.45, 7) is 3.12. The molecule has 9 nitrogen and oxygen atoms in total. The quantitative estimate of drug-likeness (QED) is 0.832. The standard InChI is InChI=1S/C16H20N6O3/c1-10-15(23)18-12-8-11(4-5-14(12)25-10)17-16(24)13-9-22(20-19-13)7-6-21(2)3/h4-5,8-10H,6-7H2,1-3H3,(H,17,24)(H,18,23)/t10-/m1/s1. The maximum atomic E-state index is 12.3. The van der Waals surface area contributed by atoms with Crippen molar-refractivity contribution in [2.45, 2.75) is 19.6 Å². The zero-order chi connectivity index (χ0) is 18.0. The highest BCUT2D eigenvalue weighted by Crippen LogP contribution is 2.32. The lowest BCUT2D eigenvalue weighted by molar-refractivity contribution is -0.122. The van der Waals surface area contributed by atoms with Crippen molar-refractivity contribution in [3.63, 3.8) is 0 Å². The minimum atomic E-state index is -0.537. The zero-order valence-corrected chi connectivity index (χ0v) is 14.3. The molecule has 1 aliphatic heterocycles. The Morgan fingerprint density at radius 2 is 2.24 bits per heavy atom. The van der Waals surface area contributed by atoms with Crippen molar-refractivity contribution < 1.29 is 14.3 Å². The molecule has 132 valence electrons. The van der Waals surface area contributed by atoms with Crippen LogP contribution >= 0.6 is 0 Å². The number of hydrogen-bond donors (Lipinski definition) is 2. The second-order valence-corrected chi connectivity index (χ2v) is 6.08. The van der Waals surface area contributed by atoms with Crippen LogP contribution in [0.4, 0.5) is 11.4 Å². The Balaban J connectivity index is 1.67. The van der Waals surface area contributed by atoms with Gasteiger partial charge in [-0.05, 0) is 39.2 Å². The molecule has 0 spiro atoms. The fraction of sp³-hybridized carbons (Fsp3) is 0.375. The van der Waals surface area contributed by atoms with Gasteiger partial charge in [0.2, 0.25) is 0 Å². The second-order valence-electron chi connectivity index (χ2n) is 6.08. The summed E-state index contributed by atoms with van der Waals surface area (Å²) >= 11 is 0. The molecule has 0 unspecified atom stereocenters.